The lowest BCUT2D eigenvalue weighted by Crippen LogP contribution is -2.54. The molecule has 2 atom stereocenters. The van der Waals surface area contributed by atoms with Crippen LogP contribution >= 0.6 is 0 Å². The summed E-state index contributed by atoms with van der Waals surface area (Å²) in [5.74, 6) is -1.42. The Morgan fingerprint density at radius 3 is 2.44 bits per heavy atom. The van der Waals surface area contributed by atoms with Crippen molar-refractivity contribution in [2.75, 3.05) is 32.8 Å². The SMILES string of the molecule is CC(C)(C)OC(=O)N[C@H]1CCN([C@@H](CC(N)=O)C(=O)N2CCOCC2)C1=O. The molecule has 152 valence electrons. The number of hydrogen-bond acceptors (Lipinski definition) is 6. The van der Waals surface area contributed by atoms with Crippen molar-refractivity contribution in [1.82, 2.24) is 15.1 Å². The van der Waals surface area contributed by atoms with E-state index in [2.05, 4.69) is 5.32 Å². The van der Waals surface area contributed by atoms with E-state index >= 15 is 0 Å². The summed E-state index contributed by atoms with van der Waals surface area (Å²) >= 11 is 0. The van der Waals surface area contributed by atoms with Gasteiger partial charge in [-0.2, -0.15) is 0 Å². The zero-order valence-corrected chi connectivity index (χ0v) is 16.0. The predicted octanol–water partition coefficient (Wildman–Crippen LogP) is -0.785. The Kier molecular flexibility index (Phi) is 6.63. The number of ether oxygens (including phenoxy) is 2. The van der Waals surface area contributed by atoms with Crippen LogP contribution in [0.15, 0.2) is 0 Å². The maximum atomic E-state index is 12.8. The van der Waals surface area contributed by atoms with Crippen LogP contribution in [0.1, 0.15) is 33.6 Å². The first-order valence-electron chi connectivity index (χ1n) is 9.03. The molecule has 4 amide bonds. The van der Waals surface area contributed by atoms with Gasteiger partial charge in [0.05, 0.1) is 19.6 Å². The van der Waals surface area contributed by atoms with Gasteiger partial charge in [-0.25, -0.2) is 4.79 Å². The first kappa shape index (κ1) is 20.9. The van der Waals surface area contributed by atoms with Gasteiger partial charge in [0.25, 0.3) is 0 Å². The Hall–Kier alpha value is -2.36. The summed E-state index contributed by atoms with van der Waals surface area (Å²) in [7, 11) is 0. The molecule has 10 heteroatoms. The fraction of sp³-hybridized carbons (Fsp3) is 0.765. The highest BCUT2D eigenvalue weighted by molar-refractivity contribution is 5.95. The number of nitrogens with one attached hydrogen (secondary N) is 1. The maximum Gasteiger partial charge on any atom is 0.408 e. The van der Waals surface area contributed by atoms with Crippen LogP contribution in [0.4, 0.5) is 4.79 Å². The molecule has 0 radical (unpaired) electrons. The molecule has 10 nitrogen and oxygen atoms in total. The first-order chi connectivity index (χ1) is 12.6. The summed E-state index contributed by atoms with van der Waals surface area (Å²) in [5, 5.41) is 2.53. The largest absolute Gasteiger partial charge is 0.444 e. The zero-order valence-electron chi connectivity index (χ0n) is 16.0. The third-order valence-electron chi connectivity index (χ3n) is 4.31. The van der Waals surface area contributed by atoms with Gasteiger partial charge in [0.2, 0.25) is 17.7 Å². The van der Waals surface area contributed by atoms with E-state index in [1.165, 1.54) is 4.90 Å². The quantitative estimate of drug-likeness (QED) is 0.639. The minimum absolute atomic E-state index is 0.243. The molecule has 0 aromatic rings. The first-order valence-corrected chi connectivity index (χ1v) is 9.03. The van der Waals surface area contributed by atoms with E-state index in [4.69, 9.17) is 15.2 Å². The summed E-state index contributed by atoms with van der Waals surface area (Å²) < 4.78 is 10.4. The lowest BCUT2D eigenvalue weighted by atomic mass is 10.1. The molecule has 2 aliphatic rings. The summed E-state index contributed by atoms with van der Waals surface area (Å²) in [6.07, 6.45) is -0.640. The van der Waals surface area contributed by atoms with Crippen LogP contribution < -0.4 is 11.1 Å². The zero-order chi connectivity index (χ0) is 20.2. The van der Waals surface area contributed by atoms with Gasteiger partial charge in [-0.05, 0) is 27.2 Å². The summed E-state index contributed by atoms with van der Waals surface area (Å²) in [6.45, 7) is 7.02. The number of alkyl carbamates (subject to hydrolysis) is 1. The third-order valence-corrected chi connectivity index (χ3v) is 4.31. The molecule has 0 aromatic heterocycles. The van der Waals surface area contributed by atoms with E-state index in [1.54, 1.807) is 25.7 Å². The molecular weight excluding hydrogens is 356 g/mol. The van der Waals surface area contributed by atoms with Gasteiger partial charge in [0.1, 0.15) is 17.7 Å². The lowest BCUT2D eigenvalue weighted by Gasteiger charge is -2.34. The van der Waals surface area contributed by atoms with E-state index in [0.717, 1.165) is 0 Å². The molecule has 0 aromatic carbocycles. The molecule has 2 heterocycles. The summed E-state index contributed by atoms with van der Waals surface area (Å²) in [4.78, 5) is 51.9. The van der Waals surface area contributed by atoms with Crippen molar-refractivity contribution in [2.45, 2.75) is 51.3 Å². The summed E-state index contributed by atoms with van der Waals surface area (Å²) in [5.41, 5.74) is 4.61. The van der Waals surface area contributed by atoms with Gasteiger partial charge >= 0.3 is 6.09 Å². The predicted molar refractivity (Wildman–Crippen MR) is 94.5 cm³/mol. The number of carbonyl (C=O) groups excluding carboxylic acids is 4. The van der Waals surface area contributed by atoms with E-state index in [0.29, 0.717) is 32.7 Å². The number of hydrogen-bond donors (Lipinski definition) is 2. The number of rotatable bonds is 5. The van der Waals surface area contributed by atoms with Gasteiger partial charge in [0, 0.05) is 19.6 Å². The Balaban J connectivity index is 2.05. The van der Waals surface area contributed by atoms with Crippen LogP contribution in [-0.2, 0) is 23.9 Å². The molecule has 2 rings (SSSR count). The Morgan fingerprint density at radius 2 is 1.89 bits per heavy atom. The monoisotopic (exact) mass is 384 g/mol. The number of likely N-dealkylation sites (tertiary alicyclic amines) is 1. The molecule has 27 heavy (non-hydrogen) atoms. The highest BCUT2D eigenvalue weighted by Gasteiger charge is 2.42. The van der Waals surface area contributed by atoms with E-state index in [9.17, 15) is 19.2 Å². The third kappa shape index (κ3) is 5.81. The molecule has 2 saturated heterocycles. The lowest BCUT2D eigenvalue weighted by molar-refractivity contribution is -0.148. The van der Waals surface area contributed by atoms with Crippen LogP contribution in [0.25, 0.3) is 0 Å². The molecular formula is C17H28N4O6. The van der Waals surface area contributed by atoms with Crippen molar-refractivity contribution in [1.29, 1.82) is 0 Å². The van der Waals surface area contributed by atoms with Crippen LogP contribution in [0.5, 0.6) is 0 Å². The van der Waals surface area contributed by atoms with Crippen molar-refractivity contribution < 1.29 is 28.7 Å². The Labute approximate surface area is 158 Å². The number of carbonyl (C=O) groups is 4. The van der Waals surface area contributed by atoms with Crippen LogP contribution in [0.3, 0.4) is 0 Å². The molecule has 0 unspecified atom stereocenters. The topological polar surface area (TPSA) is 131 Å². The normalized spacial score (nSPS) is 21.7. The Bertz CT molecular complexity index is 597. The van der Waals surface area contributed by atoms with Gasteiger partial charge in [-0.1, -0.05) is 0 Å². The average Bonchev–Trinajstić information content (AvgIpc) is 2.91. The highest BCUT2D eigenvalue weighted by atomic mass is 16.6. The maximum absolute atomic E-state index is 12.8. The second kappa shape index (κ2) is 8.55. The van der Waals surface area contributed by atoms with Crippen molar-refractivity contribution >= 4 is 23.8 Å². The summed E-state index contributed by atoms with van der Waals surface area (Å²) in [6, 6.07) is -1.77. The van der Waals surface area contributed by atoms with Gasteiger partial charge in [-0.3, -0.25) is 14.4 Å². The molecule has 0 aliphatic carbocycles. The smallest absolute Gasteiger partial charge is 0.408 e. The van der Waals surface area contributed by atoms with Gasteiger partial charge in [-0.15, -0.1) is 0 Å². The molecule has 2 fully saturated rings. The second-order valence-corrected chi connectivity index (χ2v) is 7.64. The minimum Gasteiger partial charge on any atom is -0.444 e. The second-order valence-electron chi connectivity index (χ2n) is 7.64. The number of nitrogens with zero attached hydrogens (tertiary/aromatic N) is 2. The van der Waals surface area contributed by atoms with Crippen molar-refractivity contribution in [3.05, 3.63) is 0 Å². The van der Waals surface area contributed by atoms with Crippen LogP contribution in [-0.4, -0.2) is 84.1 Å². The van der Waals surface area contributed by atoms with Crippen molar-refractivity contribution in [2.24, 2.45) is 5.73 Å². The molecule has 0 saturated carbocycles. The average molecular weight is 384 g/mol. The minimum atomic E-state index is -0.974. The van der Waals surface area contributed by atoms with Crippen LogP contribution in [0, 0.1) is 0 Å². The molecule has 0 bridgehead atoms. The number of nitrogens with two attached hydrogens (primary N) is 1. The van der Waals surface area contributed by atoms with E-state index in [1.807, 2.05) is 0 Å². The van der Waals surface area contributed by atoms with E-state index < -0.39 is 35.6 Å². The van der Waals surface area contributed by atoms with E-state index in [-0.39, 0.29) is 18.9 Å². The Morgan fingerprint density at radius 1 is 1.26 bits per heavy atom. The molecule has 2 aliphatic heterocycles. The number of morpholine rings is 1. The fourth-order valence-corrected chi connectivity index (χ4v) is 3.11. The fourth-order valence-electron chi connectivity index (χ4n) is 3.11. The molecule has 3 N–H and O–H groups in total. The van der Waals surface area contributed by atoms with Crippen molar-refractivity contribution in [3.8, 4) is 0 Å². The van der Waals surface area contributed by atoms with Gasteiger partial charge < -0.3 is 30.3 Å². The number of primary amides is 1. The van der Waals surface area contributed by atoms with Crippen LogP contribution in [0.2, 0.25) is 0 Å². The number of amides is 4. The highest BCUT2D eigenvalue weighted by Crippen LogP contribution is 2.20. The standard InChI is InChI=1S/C17H28N4O6/c1-17(2,3)27-16(25)19-11-4-5-21(14(11)23)12(10-13(18)22)15(24)20-6-8-26-9-7-20/h11-12H,4-10H2,1-3H3,(H2,18,22)(H,19,25)/t11-,12-/m0/s1. The van der Waals surface area contributed by atoms with Gasteiger partial charge in [0.15, 0.2) is 0 Å². The van der Waals surface area contributed by atoms with Crippen molar-refractivity contribution in [3.63, 3.8) is 0 Å². The molecule has 0 spiro atoms.